The quantitative estimate of drug-likeness (QED) is 0.499. The number of unbranched alkanes of at least 4 members (excludes halogenated alkanes) is 3. The first kappa shape index (κ1) is 21.3. The van der Waals surface area contributed by atoms with Gasteiger partial charge in [-0.25, -0.2) is 18.4 Å². The third kappa shape index (κ3) is 4.96. The van der Waals surface area contributed by atoms with Crippen molar-refractivity contribution in [1.82, 2.24) is 14.5 Å². The Labute approximate surface area is 173 Å². The normalized spacial score (nSPS) is 11.9. The standard InChI is InChI=1S/C22H30N4O2S/c1-3-4-13-19-25-20-21(17(2)16-24-22(20)23)26(19)14-9-6-10-15-29(27,28)18-11-7-5-8-12-18/h5,7-8,11-12,16H,3-4,6,9-10,13-15H2,1-2H3,(H2,23,24). The van der Waals surface area contributed by atoms with E-state index in [2.05, 4.69) is 16.5 Å². The van der Waals surface area contributed by atoms with E-state index in [0.29, 0.717) is 17.1 Å². The Bertz CT molecular complexity index is 1060. The van der Waals surface area contributed by atoms with Crippen molar-refractivity contribution < 1.29 is 8.42 Å². The molecule has 0 saturated carbocycles. The van der Waals surface area contributed by atoms with E-state index in [1.807, 2.05) is 13.0 Å². The number of hydrogen-bond acceptors (Lipinski definition) is 5. The van der Waals surface area contributed by atoms with Gasteiger partial charge in [0.15, 0.2) is 15.7 Å². The SMILES string of the molecule is CCCCc1nc2c(N)ncc(C)c2n1CCCCCS(=O)(=O)c1ccccc1. The van der Waals surface area contributed by atoms with Gasteiger partial charge in [-0.05, 0) is 43.9 Å². The van der Waals surface area contributed by atoms with Crippen LogP contribution in [-0.2, 0) is 22.8 Å². The van der Waals surface area contributed by atoms with Crippen LogP contribution in [0.25, 0.3) is 11.0 Å². The van der Waals surface area contributed by atoms with Crippen molar-refractivity contribution in [3.05, 3.63) is 47.9 Å². The number of pyridine rings is 1. The van der Waals surface area contributed by atoms with Crippen LogP contribution < -0.4 is 5.73 Å². The molecule has 0 radical (unpaired) electrons. The molecule has 0 aliphatic heterocycles. The van der Waals surface area contributed by atoms with Gasteiger partial charge in [-0.2, -0.15) is 0 Å². The minimum Gasteiger partial charge on any atom is -0.382 e. The minimum atomic E-state index is -3.21. The van der Waals surface area contributed by atoms with Crippen LogP contribution in [0.3, 0.4) is 0 Å². The number of nitrogens with two attached hydrogens (primary N) is 1. The lowest BCUT2D eigenvalue weighted by atomic mass is 10.2. The molecule has 156 valence electrons. The van der Waals surface area contributed by atoms with E-state index >= 15 is 0 Å². The second-order valence-corrected chi connectivity index (χ2v) is 9.61. The number of fused-ring (bicyclic) bond motifs is 1. The number of sulfone groups is 1. The van der Waals surface area contributed by atoms with Crippen molar-refractivity contribution in [2.75, 3.05) is 11.5 Å². The highest BCUT2D eigenvalue weighted by Gasteiger charge is 2.16. The van der Waals surface area contributed by atoms with Gasteiger partial charge in [0.25, 0.3) is 0 Å². The maximum atomic E-state index is 12.4. The molecular formula is C22H30N4O2S. The number of benzene rings is 1. The first-order chi connectivity index (χ1) is 13.9. The number of aryl methyl sites for hydroxylation is 3. The Morgan fingerprint density at radius 2 is 1.83 bits per heavy atom. The number of imidazole rings is 1. The van der Waals surface area contributed by atoms with Gasteiger partial charge in [0.1, 0.15) is 11.3 Å². The fraction of sp³-hybridized carbons (Fsp3) is 0.455. The summed E-state index contributed by atoms with van der Waals surface area (Å²) in [7, 11) is -3.21. The molecule has 6 nitrogen and oxygen atoms in total. The van der Waals surface area contributed by atoms with Crippen LogP contribution in [0.4, 0.5) is 5.82 Å². The van der Waals surface area contributed by atoms with Crippen LogP contribution >= 0.6 is 0 Å². The maximum Gasteiger partial charge on any atom is 0.178 e. The lowest BCUT2D eigenvalue weighted by Crippen LogP contribution is -2.08. The Morgan fingerprint density at radius 1 is 1.07 bits per heavy atom. The third-order valence-corrected chi connectivity index (χ3v) is 7.03. The Morgan fingerprint density at radius 3 is 2.55 bits per heavy atom. The summed E-state index contributed by atoms with van der Waals surface area (Å²) in [6.45, 7) is 5.01. The molecular weight excluding hydrogens is 384 g/mol. The molecule has 0 atom stereocenters. The van der Waals surface area contributed by atoms with E-state index in [1.54, 1.807) is 30.5 Å². The highest BCUT2D eigenvalue weighted by molar-refractivity contribution is 7.91. The van der Waals surface area contributed by atoms with Crippen LogP contribution in [0, 0.1) is 6.92 Å². The summed E-state index contributed by atoms with van der Waals surface area (Å²) in [5, 5.41) is 0. The number of nitrogen functional groups attached to an aromatic ring is 1. The third-order valence-electron chi connectivity index (χ3n) is 5.21. The van der Waals surface area contributed by atoms with Gasteiger partial charge in [0.05, 0.1) is 16.2 Å². The van der Waals surface area contributed by atoms with Gasteiger partial charge in [-0.1, -0.05) is 38.0 Å². The Balaban J connectivity index is 1.66. The first-order valence-electron chi connectivity index (χ1n) is 10.3. The summed E-state index contributed by atoms with van der Waals surface area (Å²) >= 11 is 0. The average molecular weight is 415 g/mol. The van der Waals surface area contributed by atoms with E-state index in [-0.39, 0.29) is 5.75 Å². The summed E-state index contributed by atoms with van der Waals surface area (Å²) in [5.74, 6) is 1.69. The molecule has 0 amide bonds. The molecule has 2 N–H and O–H groups in total. The van der Waals surface area contributed by atoms with Crippen molar-refractivity contribution in [3.8, 4) is 0 Å². The highest BCUT2D eigenvalue weighted by atomic mass is 32.2. The summed E-state index contributed by atoms with van der Waals surface area (Å²) in [4.78, 5) is 9.41. The predicted molar refractivity (Wildman–Crippen MR) is 118 cm³/mol. The van der Waals surface area contributed by atoms with Gasteiger partial charge in [-0.3, -0.25) is 0 Å². The summed E-state index contributed by atoms with van der Waals surface area (Å²) in [6, 6.07) is 8.67. The zero-order chi connectivity index (χ0) is 20.9. The van der Waals surface area contributed by atoms with E-state index < -0.39 is 9.84 Å². The van der Waals surface area contributed by atoms with E-state index in [0.717, 1.165) is 61.1 Å². The summed E-state index contributed by atoms with van der Waals surface area (Å²) < 4.78 is 27.1. The topological polar surface area (TPSA) is 90.9 Å². The molecule has 7 heteroatoms. The molecule has 2 aromatic heterocycles. The van der Waals surface area contributed by atoms with Crippen LogP contribution in [0.1, 0.15) is 50.4 Å². The second-order valence-electron chi connectivity index (χ2n) is 7.50. The van der Waals surface area contributed by atoms with E-state index in [1.165, 1.54) is 0 Å². The van der Waals surface area contributed by atoms with Crippen LogP contribution in [-0.4, -0.2) is 28.7 Å². The fourth-order valence-electron chi connectivity index (χ4n) is 3.62. The molecule has 0 spiro atoms. The molecule has 1 aromatic carbocycles. The monoisotopic (exact) mass is 414 g/mol. The van der Waals surface area contributed by atoms with E-state index in [4.69, 9.17) is 10.7 Å². The number of anilines is 1. The van der Waals surface area contributed by atoms with Crippen molar-refractivity contribution in [3.63, 3.8) is 0 Å². The highest BCUT2D eigenvalue weighted by Crippen LogP contribution is 2.25. The summed E-state index contributed by atoms with van der Waals surface area (Å²) in [6.07, 6.45) is 7.28. The minimum absolute atomic E-state index is 0.181. The molecule has 29 heavy (non-hydrogen) atoms. The smallest absolute Gasteiger partial charge is 0.178 e. The van der Waals surface area contributed by atoms with Gasteiger partial charge in [0.2, 0.25) is 0 Å². The number of hydrogen-bond donors (Lipinski definition) is 1. The molecule has 0 unspecified atom stereocenters. The van der Waals surface area contributed by atoms with Crippen molar-refractivity contribution in [1.29, 1.82) is 0 Å². The van der Waals surface area contributed by atoms with Gasteiger partial charge in [-0.15, -0.1) is 0 Å². The van der Waals surface area contributed by atoms with Gasteiger partial charge < -0.3 is 10.3 Å². The molecule has 0 aliphatic carbocycles. The van der Waals surface area contributed by atoms with Crippen LogP contribution in [0.2, 0.25) is 0 Å². The molecule has 2 heterocycles. The largest absolute Gasteiger partial charge is 0.382 e. The summed E-state index contributed by atoms with van der Waals surface area (Å²) in [5.41, 5.74) is 8.96. The maximum absolute atomic E-state index is 12.4. The Kier molecular flexibility index (Phi) is 6.90. The molecule has 0 aliphatic rings. The fourth-order valence-corrected chi connectivity index (χ4v) is 5.01. The molecule has 0 fully saturated rings. The molecule has 3 rings (SSSR count). The van der Waals surface area contributed by atoms with Gasteiger partial charge in [0, 0.05) is 19.2 Å². The first-order valence-corrected chi connectivity index (χ1v) is 12.0. The lowest BCUT2D eigenvalue weighted by molar-refractivity contribution is 0.569. The molecule has 3 aromatic rings. The van der Waals surface area contributed by atoms with Crippen molar-refractivity contribution in [2.24, 2.45) is 0 Å². The van der Waals surface area contributed by atoms with Crippen LogP contribution in [0.15, 0.2) is 41.4 Å². The van der Waals surface area contributed by atoms with Crippen LogP contribution in [0.5, 0.6) is 0 Å². The Hall–Kier alpha value is -2.41. The van der Waals surface area contributed by atoms with Crippen molar-refractivity contribution >= 4 is 26.7 Å². The lowest BCUT2D eigenvalue weighted by Gasteiger charge is -2.11. The number of rotatable bonds is 10. The zero-order valence-electron chi connectivity index (χ0n) is 17.3. The number of nitrogens with zero attached hydrogens (tertiary/aromatic N) is 3. The zero-order valence-corrected chi connectivity index (χ0v) is 18.1. The second kappa shape index (κ2) is 9.39. The number of aromatic nitrogens is 3. The predicted octanol–water partition coefficient (Wildman–Crippen LogP) is 4.31. The molecule has 0 saturated heterocycles. The van der Waals surface area contributed by atoms with Crippen molar-refractivity contribution in [2.45, 2.75) is 63.8 Å². The van der Waals surface area contributed by atoms with Gasteiger partial charge >= 0.3 is 0 Å². The average Bonchev–Trinajstić information content (AvgIpc) is 3.09. The molecule has 0 bridgehead atoms. The van der Waals surface area contributed by atoms with E-state index in [9.17, 15) is 8.42 Å².